The molecule has 9 nitrogen and oxygen atoms in total. The lowest BCUT2D eigenvalue weighted by atomic mass is 9.94. The molecule has 212 valence electrons. The topological polar surface area (TPSA) is 103 Å². The maximum absolute atomic E-state index is 13.9. The van der Waals surface area contributed by atoms with Crippen LogP contribution in [0.2, 0.25) is 0 Å². The van der Waals surface area contributed by atoms with Gasteiger partial charge in [0.25, 0.3) is 5.91 Å². The molecule has 1 atom stereocenters. The third-order valence-corrected chi connectivity index (χ3v) is 7.56. The molecule has 1 saturated heterocycles. The Balaban J connectivity index is 1.49. The van der Waals surface area contributed by atoms with E-state index in [1.807, 2.05) is 24.3 Å². The Labute approximate surface area is 233 Å². The number of ketones is 1. The average Bonchev–Trinajstić information content (AvgIpc) is 3.51. The van der Waals surface area contributed by atoms with Crippen LogP contribution in [0.5, 0.6) is 11.5 Å². The summed E-state index contributed by atoms with van der Waals surface area (Å²) in [6.07, 6.45) is 0.895. The molecule has 1 amide bonds. The quantitative estimate of drug-likeness (QED) is 0.354. The molecular weight excluding hydrogens is 512 g/mol. The van der Waals surface area contributed by atoms with Crippen molar-refractivity contribution in [2.45, 2.75) is 26.3 Å². The number of furan rings is 1. The van der Waals surface area contributed by atoms with Gasteiger partial charge in [-0.05, 0) is 42.2 Å². The molecular formula is C31H37N2O7+. The first-order valence-electron chi connectivity index (χ1n) is 13.9. The van der Waals surface area contributed by atoms with Gasteiger partial charge in [0.2, 0.25) is 5.78 Å². The summed E-state index contributed by atoms with van der Waals surface area (Å²) in [7, 11) is 1.56. The van der Waals surface area contributed by atoms with E-state index in [0.717, 1.165) is 24.9 Å². The molecule has 5 rings (SSSR count). The SMILES string of the molecule is COc1cc([C@@H]2C(C(=O)c3cc4ccccc4o3)=C(O)C(=O)N2CC[NH+]2CCOCC2)ccc1OCCC(C)C. The van der Waals surface area contributed by atoms with Gasteiger partial charge in [-0.1, -0.05) is 38.1 Å². The number of aliphatic hydroxyl groups is 1. The number of aliphatic hydroxyl groups excluding tert-OH is 1. The second-order valence-electron chi connectivity index (χ2n) is 10.7. The van der Waals surface area contributed by atoms with Gasteiger partial charge in [0, 0.05) is 5.39 Å². The van der Waals surface area contributed by atoms with E-state index in [-0.39, 0.29) is 11.3 Å². The van der Waals surface area contributed by atoms with Gasteiger partial charge in [-0.2, -0.15) is 0 Å². The fourth-order valence-electron chi connectivity index (χ4n) is 5.26. The van der Waals surface area contributed by atoms with Crippen LogP contribution in [-0.4, -0.2) is 74.8 Å². The van der Waals surface area contributed by atoms with Crippen molar-refractivity contribution in [1.82, 2.24) is 4.90 Å². The van der Waals surface area contributed by atoms with E-state index >= 15 is 0 Å². The molecule has 1 fully saturated rings. The van der Waals surface area contributed by atoms with Crippen LogP contribution in [0, 0.1) is 5.92 Å². The molecule has 0 unspecified atom stereocenters. The first-order valence-corrected chi connectivity index (χ1v) is 13.9. The third kappa shape index (κ3) is 5.71. The number of para-hydroxylation sites is 1. The number of rotatable bonds is 11. The van der Waals surface area contributed by atoms with Gasteiger partial charge < -0.3 is 33.5 Å². The lowest BCUT2D eigenvalue weighted by Gasteiger charge is -2.30. The summed E-state index contributed by atoms with van der Waals surface area (Å²) in [5, 5.41) is 11.9. The number of Topliss-reactive ketones (excluding diaryl/α,β-unsaturated/α-hetero) is 1. The fourth-order valence-corrected chi connectivity index (χ4v) is 5.26. The lowest BCUT2D eigenvalue weighted by Crippen LogP contribution is -3.14. The number of hydrogen-bond donors (Lipinski definition) is 2. The number of ether oxygens (including phenoxy) is 3. The lowest BCUT2D eigenvalue weighted by molar-refractivity contribution is -0.907. The Kier molecular flexibility index (Phi) is 8.42. The Bertz CT molecular complexity index is 1370. The summed E-state index contributed by atoms with van der Waals surface area (Å²) < 4.78 is 22.9. The van der Waals surface area contributed by atoms with Crippen molar-refractivity contribution in [3.05, 3.63) is 71.2 Å². The van der Waals surface area contributed by atoms with Crippen LogP contribution in [0.15, 0.2) is 64.3 Å². The third-order valence-electron chi connectivity index (χ3n) is 7.56. The van der Waals surface area contributed by atoms with Crippen LogP contribution in [0.25, 0.3) is 11.0 Å². The summed E-state index contributed by atoms with van der Waals surface area (Å²) in [6.45, 7) is 8.84. The van der Waals surface area contributed by atoms with E-state index in [2.05, 4.69) is 13.8 Å². The molecule has 0 spiro atoms. The van der Waals surface area contributed by atoms with Gasteiger partial charge in [0.1, 0.15) is 18.7 Å². The standard InChI is InChI=1S/C31H36N2O7/c1-20(2)10-15-39-24-9-8-22(19-25(24)37-3)28-27(29(34)26-18-21-6-4-5-7-23(21)40-26)30(35)31(36)33(28)12-11-32-13-16-38-17-14-32/h4-9,18-20,28,35H,10-17H2,1-3H3/p+1/t28-/m1/s1. The van der Waals surface area contributed by atoms with Crippen LogP contribution < -0.4 is 14.4 Å². The minimum Gasteiger partial charge on any atom is -0.503 e. The predicted molar refractivity (Wildman–Crippen MR) is 149 cm³/mol. The van der Waals surface area contributed by atoms with E-state index in [9.17, 15) is 14.7 Å². The zero-order valence-corrected chi connectivity index (χ0v) is 23.3. The van der Waals surface area contributed by atoms with Crippen molar-refractivity contribution in [3.63, 3.8) is 0 Å². The second kappa shape index (κ2) is 12.1. The molecule has 40 heavy (non-hydrogen) atoms. The Morgan fingerprint density at radius 2 is 1.90 bits per heavy atom. The van der Waals surface area contributed by atoms with Crippen LogP contribution in [0.4, 0.5) is 0 Å². The first kappa shape index (κ1) is 27.7. The first-order chi connectivity index (χ1) is 19.4. The largest absolute Gasteiger partial charge is 0.503 e. The van der Waals surface area contributed by atoms with Crippen molar-refractivity contribution < 1.29 is 38.2 Å². The molecule has 2 aromatic carbocycles. The molecule has 0 saturated carbocycles. The molecule has 2 N–H and O–H groups in total. The van der Waals surface area contributed by atoms with Crippen LogP contribution in [0.3, 0.4) is 0 Å². The van der Waals surface area contributed by atoms with Crippen LogP contribution in [0.1, 0.15) is 42.4 Å². The fraction of sp³-hybridized carbons (Fsp3) is 0.419. The van der Waals surface area contributed by atoms with Crippen molar-refractivity contribution in [1.29, 1.82) is 0 Å². The highest BCUT2D eigenvalue weighted by Gasteiger charge is 2.45. The maximum Gasteiger partial charge on any atom is 0.290 e. The summed E-state index contributed by atoms with van der Waals surface area (Å²) in [5.41, 5.74) is 1.20. The van der Waals surface area contributed by atoms with Gasteiger partial charge in [-0.15, -0.1) is 0 Å². The van der Waals surface area contributed by atoms with Gasteiger partial charge in [-0.3, -0.25) is 9.59 Å². The molecule has 0 bridgehead atoms. The number of fused-ring (bicyclic) bond motifs is 1. The van der Waals surface area contributed by atoms with Crippen molar-refractivity contribution >= 4 is 22.7 Å². The monoisotopic (exact) mass is 549 g/mol. The zero-order valence-electron chi connectivity index (χ0n) is 23.3. The molecule has 3 aromatic rings. The van der Waals surface area contributed by atoms with Gasteiger partial charge in [-0.25, -0.2) is 0 Å². The van der Waals surface area contributed by atoms with Crippen LogP contribution in [-0.2, 0) is 9.53 Å². The predicted octanol–water partition coefficient (Wildman–Crippen LogP) is 3.36. The summed E-state index contributed by atoms with van der Waals surface area (Å²) in [5.74, 6) is -0.00606. The number of hydrogen-bond acceptors (Lipinski definition) is 7. The normalized spacial score (nSPS) is 18.2. The Hall–Kier alpha value is -3.82. The molecule has 2 aliphatic rings. The van der Waals surface area contributed by atoms with E-state index < -0.39 is 23.5 Å². The summed E-state index contributed by atoms with van der Waals surface area (Å²) >= 11 is 0. The molecule has 2 aliphatic heterocycles. The zero-order chi connectivity index (χ0) is 28.2. The van der Waals surface area contributed by atoms with Crippen molar-refractivity contribution in [2.75, 3.05) is 53.1 Å². The van der Waals surface area contributed by atoms with Crippen molar-refractivity contribution in [2.24, 2.45) is 5.92 Å². The average molecular weight is 550 g/mol. The highest BCUT2D eigenvalue weighted by Crippen LogP contribution is 2.42. The minimum absolute atomic E-state index is 0.00318. The molecule has 0 aliphatic carbocycles. The van der Waals surface area contributed by atoms with Gasteiger partial charge in [0.05, 0.1) is 51.6 Å². The number of morpholine rings is 1. The van der Waals surface area contributed by atoms with E-state index in [0.29, 0.717) is 61.5 Å². The number of methoxy groups -OCH3 is 1. The number of nitrogens with one attached hydrogen (secondary N) is 1. The highest BCUT2D eigenvalue weighted by atomic mass is 16.5. The maximum atomic E-state index is 13.9. The molecule has 3 heterocycles. The number of nitrogens with zero attached hydrogens (tertiary/aromatic N) is 1. The number of amides is 1. The Morgan fingerprint density at radius 3 is 2.62 bits per heavy atom. The summed E-state index contributed by atoms with van der Waals surface area (Å²) in [4.78, 5) is 30.2. The molecule has 1 aromatic heterocycles. The van der Waals surface area contributed by atoms with Gasteiger partial charge in [0.15, 0.2) is 23.0 Å². The molecule has 0 radical (unpaired) electrons. The van der Waals surface area contributed by atoms with Crippen molar-refractivity contribution in [3.8, 4) is 11.5 Å². The number of benzene rings is 2. The van der Waals surface area contributed by atoms with E-state index in [1.54, 1.807) is 36.3 Å². The highest BCUT2D eigenvalue weighted by molar-refractivity contribution is 6.16. The molecule has 9 heteroatoms. The second-order valence-corrected chi connectivity index (χ2v) is 10.7. The Morgan fingerprint density at radius 1 is 1.12 bits per heavy atom. The van der Waals surface area contributed by atoms with Crippen LogP contribution >= 0.6 is 0 Å². The number of carbonyl (C=O) groups is 2. The van der Waals surface area contributed by atoms with Gasteiger partial charge >= 0.3 is 0 Å². The summed E-state index contributed by atoms with van der Waals surface area (Å²) in [6, 6.07) is 13.5. The smallest absolute Gasteiger partial charge is 0.290 e. The number of carbonyl (C=O) groups excluding carboxylic acids is 2. The number of quaternary nitrogens is 1. The van der Waals surface area contributed by atoms with E-state index in [1.165, 1.54) is 4.90 Å². The minimum atomic E-state index is -0.813. The van der Waals surface area contributed by atoms with E-state index in [4.69, 9.17) is 18.6 Å².